The molecule has 0 unspecified atom stereocenters. The zero-order valence-electron chi connectivity index (χ0n) is 12.8. The third-order valence-corrected chi connectivity index (χ3v) is 2.64. The Labute approximate surface area is 129 Å². The van der Waals surface area contributed by atoms with Gasteiger partial charge in [-0.3, -0.25) is 10.1 Å². The second kappa shape index (κ2) is 9.17. The van der Waals surface area contributed by atoms with E-state index in [-0.39, 0.29) is 12.2 Å². The van der Waals surface area contributed by atoms with Crippen molar-refractivity contribution in [1.82, 2.24) is 10.6 Å². The maximum absolute atomic E-state index is 12.2. The van der Waals surface area contributed by atoms with Gasteiger partial charge in [-0.2, -0.15) is 0 Å². The van der Waals surface area contributed by atoms with Gasteiger partial charge in [0.2, 0.25) is 0 Å². The zero-order chi connectivity index (χ0) is 16.4. The van der Waals surface area contributed by atoms with E-state index in [1.54, 1.807) is 25.1 Å². The van der Waals surface area contributed by atoms with Gasteiger partial charge < -0.3 is 14.9 Å². The highest BCUT2D eigenvalue weighted by molar-refractivity contribution is 6.23. The number of methoxy groups -OCH3 is 1. The van der Waals surface area contributed by atoms with Crippen LogP contribution in [0.15, 0.2) is 35.7 Å². The van der Waals surface area contributed by atoms with E-state index in [9.17, 15) is 9.59 Å². The first-order valence-corrected chi connectivity index (χ1v) is 6.58. The van der Waals surface area contributed by atoms with Crippen molar-refractivity contribution in [3.05, 3.63) is 41.7 Å². The average molecular weight is 305 g/mol. The summed E-state index contributed by atoms with van der Waals surface area (Å²) < 4.78 is 4.95. The molecule has 0 aliphatic rings. The number of urea groups is 1. The minimum Gasteiger partial charge on any atom is -0.504 e. The molecule has 2 N–H and O–H groups in total. The number of carbonyl (C=O) groups excluding carboxylic acids is 2. The van der Waals surface area contributed by atoms with E-state index >= 15 is 0 Å². The smallest absolute Gasteiger partial charge is 0.321 e. The number of benzene rings is 1. The van der Waals surface area contributed by atoms with E-state index in [0.29, 0.717) is 5.56 Å². The fourth-order valence-corrected chi connectivity index (χ4v) is 1.68. The number of imide groups is 1. The molecule has 118 valence electrons. The van der Waals surface area contributed by atoms with Crippen molar-refractivity contribution in [1.29, 1.82) is 0 Å². The van der Waals surface area contributed by atoms with Crippen molar-refractivity contribution in [3.8, 4) is 0 Å². The fraction of sp³-hybridized carbons (Fsp3) is 0.267. The molecule has 0 spiro atoms. The maximum atomic E-state index is 12.2. The van der Waals surface area contributed by atoms with Gasteiger partial charge in [-0.25, -0.2) is 4.79 Å². The lowest BCUT2D eigenvalue weighted by atomic mass is 10.0. The normalized spacial score (nSPS) is 11.1. The zero-order valence-corrected chi connectivity index (χ0v) is 12.8. The van der Waals surface area contributed by atoms with Crippen LogP contribution in [-0.2, 0) is 21.0 Å². The van der Waals surface area contributed by atoms with Crippen molar-refractivity contribution < 1.29 is 19.2 Å². The van der Waals surface area contributed by atoms with Crippen molar-refractivity contribution in [2.24, 2.45) is 5.16 Å². The number of hydrogen-bond donors (Lipinski definition) is 2. The van der Waals surface area contributed by atoms with E-state index in [2.05, 4.69) is 15.8 Å². The maximum Gasteiger partial charge on any atom is 0.321 e. The van der Waals surface area contributed by atoms with E-state index < -0.39 is 11.9 Å². The molecule has 1 aromatic rings. The number of hydrogen-bond acceptors (Lipinski definition) is 5. The molecule has 0 bridgehead atoms. The monoisotopic (exact) mass is 305 g/mol. The van der Waals surface area contributed by atoms with E-state index in [4.69, 9.17) is 9.57 Å². The Balaban J connectivity index is 3.08. The largest absolute Gasteiger partial charge is 0.504 e. The summed E-state index contributed by atoms with van der Waals surface area (Å²) in [6.45, 7) is 1.92. The third kappa shape index (κ3) is 4.93. The van der Waals surface area contributed by atoms with E-state index in [0.717, 1.165) is 5.56 Å². The molecule has 0 saturated heterocycles. The predicted molar refractivity (Wildman–Crippen MR) is 83.0 cm³/mol. The summed E-state index contributed by atoms with van der Waals surface area (Å²) >= 11 is 0. The summed E-state index contributed by atoms with van der Waals surface area (Å²) in [6, 6.07) is 6.54. The highest BCUT2D eigenvalue weighted by Crippen LogP contribution is 2.20. The summed E-state index contributed by atoms with van der Waals surface area (Å²) in [5.41, 5.74) is 1.55. The summed E-state index contributed by atoms with van der Waals surface area (Å²) in [5, 5.41) is 8.20. The minimum absolute atomic E-state index is 0.189. The summed E-state index contributed by atoms with van der Waals surface area (Å²) in [6.07, 6.45) is 2.80. The predicted octanol–water partition coefficient (Wildman–Crippen LogP) is 1.65. The number of oxime groups is 1. The van der Waals surface area contributed by atoms with E-state index in [1.807, 2.05) is 6.07 Å². The molecule has 3 amide bonds. The van der Waals surface area contributed by atoms with Crippen LogP contribution in [0.4, 0.5) is 4.79 Å². The first kappa shape index (κ1) is 17.2. The van der Waals surface area contributed by atoms with Gasteiger partial charge >= 0.3 is 6.03 Å². The number of nitrogens with zero attached hydrogens (tertiary/aromatic N) is 1. The first-order chi connectivity index (χ1) is 10.6. The molecule has 0 fully saturated rings. The quantitative estimate of drug-likeness (QED) is 0.362. The highest BCUT2D eigenvalue weighted by Gasteiger charge is 2.18. The Kier molecular flexibility index (Phi) is 7.18. The van der Waals surface area contributed by atoms with Gasteiger partial charge in [0, 0.05) is 18.8 Å². The minimum atomic E-state index is -0.601. The van der Waals surface area contributed by atoms with Crippen molar-refractivity contribution in [2.45, 2.75) is 13.5 Å². The van der Waals surface area contributed by atoms with Crippen LogP contribution in [0.5, 0.6) is 0 Å². The van der Waals surface area contributed by atoms with E-state index in [1.165, 1.54) is 26.6 Å². The van der Waals surface area contributed by atoms with Crippen LogP contribution in [0, 0.1) is 0 Å². The Hall–Kier alpha value is -2.83. The highest BCUT2D eigenvalue weighted by atomic mass is 16.6. The Morgan fingerprint density at radius 1 is 1.32 bits per heavy atom. The average Bonchev–Trinajstić information content (AvgIpc) is 2.53. The van der Waals surface area contributed by atoms with Crippen LogP contribution in [-0.4, -0.2) is 32.3 Å². The molecular formula is C15H19N3O4. The molecule has 0 radical (unpaired) electrons. The Bertz CT molecular complexity index is 582. The van der Waals surface area contributed by atoms with Crippen molar-refractivity contribution in [2.75, 3.05) is 14.2 Å². The van der Waals surface area contributed by atoms with Crippen LogP contribution >= 0.6 is 0 Å². The lowest BCUT2D eigenvalue weighted by Crippen LogP contribution is -2.38. The summed E-state index contributed by atoms with van der Waals surface area (Å²) in [4.78, 5) is 28.6. The number of carbonyl (C=O) groups is 2. The summed E-state index contributed by atoms with van der Waals surface area (Å²) in [7, 11) is 2.85. The molecule has 7 heteroatoms. The molecule has 0 saturated carbocycles. The van der Waals surface area contributed by atoms with Gasteiger partial charge in [0.1, 0.15) is 6.61 Å². The molecular weight excluding hydrogens is 286 g/mol. The SMILES string of the molecule is C/C=N\OCc1ccccc1/C(=C\OC)C(=O)NC(=O)NC. The third-order valence-electron chi connectivity index (χ3n) is 2.64. The summed E-state index contributed by atoms with van der Waals surface area (Å²) in [5.74, 6) is -0.576. The molecule has 0 atom stereocenters. The van der Waals surface area contributed by atoms with Crippen LogP contribution < -0.4 is 10.6 Å². The Morgan fingerprint density at radius 2 is 2.05 bits per heavy atom. The van der Waals surface area contributed by atoms with Crippen LogP contribution in [0.2, 0.25) is 0 Å². The molecule has 7 nitrogen and oxygen atoms in total. The number of rotatable bonds is 6. The molecule has 1 rings (SSSR count). The Morgan fingerprint density at radius 3 is 2.68 bits per heavy atom. The van der Waals surface area contributed by atoms with Crippen molar-refractivity contribution >= 4 is 23.7 Å². The lowest BCUT2D eigenvalue weighted by Gasteiger charge is -2.12. The van der Waals surface area contributed by atoms with Crippen molar-refractivity contribution in [3.63, 3.8) is 0 Å². The molecule has 22 heavy (non-hydrogen) atoms. The topological polar surface area (TPSA) is 89.0 Å². The second-order valence-corrected chi connectivity index (χ2v) is 4.09. The van der Waals surface area contributed by atoms with Gasteiger partial charge in [-0.15, -0.1) is 0 Å². The number of ether oxygens (including phenoxy) is 1. The first-order valence-electron chi connectivity index (χ1n) is 6.58. The van der Waals surface area contributed by atoms with Gasteiger partial charge in [0.05, 0.1) is 18.9 Å². The fourth-order valence-electron chi connectivity index (χ4n) is 1.68. The van der Waals surface area contributed by atoms with Gasteiger partial charge in [-0.1, -0.05) is 29.4 Å². The van der Waals surface area contributed by atoms with Gasteiger partial charge in [-0.05, 0) is 12.5 Å². The van der Waals surface area contributed by atoms with Crippen LogP contribution in [0.25, 0.3) is 5.57 Å². The molecule has 1 aromatic carbocycles. The molecule has 0 aromatic heterocycles. The second-order valence-electron chi connectivity index (χ2n) is 4.09. The van der Waals surface area contributed by atoms with Gasteiger partial charge in [0.15, 0.2) is 0 Å². The molecule has 0 aliphatic carbocycles. The standard InChI is InChI=1S/C15H19N3O4/c1-4-17-22-9-11-7-5-6-8-12(11)13(10-21-3)14(19)18-15(20)16-2/h4-8,10H,9H2,1-3H3,(H2,16,18,19,20)/b13-10+,17-4-. The van der Waals surface area contributed by atoms with Crippen LogP contribution in [0.1, 0.15) is 18.1 Å². The molecule has 0 heterocycles. The molecule has 0 aliphatic heterocycles. The lowest BCUT2D eigenvalue weighted by molar-refractivity contribution is -0.114. The van der Waals surface area contributed by atoms with Gasteiger partial charge in [0.25, 0.3) is 5.91 Å². The number of amides is 3. The van der Waals surface area contributed by atoms with Crippen LogP contribution in [0.3, 0.4) is 0 Å². The number of nitrogens with one attached hydrogen (secondary N) is 2.